The number of halogens is 4. The van der Waals surface area contributed by atoms with Gasteiger partial charge < -0.3 is 4.90 Å². The highest BCUT2D eigenvalue weighted by Crippen LogP contribution is 2.53. The van der Waals surface area contributed by atoms with Crippen molar-refractivity contribution in [2.45, 2.75) is 17.8 Å². The first-order chi connectivity index (χ1) is 11.3. The first kappa shape index (κ1) is 15.1. The van der Waals surface area contributed by atoms with Gasteiger partial charge in [-0.05, 0) is 29.3 Å². The molecular weight excluding hydrogens is 324 g/mol. The van der Waals surface area contributed by atoms with E-state index in [1.165, 1.54) is 42.3 Å². The summed E-state index contributed by atoms with van der Waals surface area (Å²) in [7, 11) is 1.47. The molecule has 0 saturated carbocycles. The molecule has 0 saturated heterocycles. The molecule has 3 nitrogen and oxygen atoms in total. The Morgan fingerprint density at radius 1 is 1.12 bits per heavy atom. The summed E-state index contributed by atoms with van der Waals surface area (Å²) in [5.41, 5.74) is -0.915. The molecular formula is C17H12F4N2O. The van der Waals surface area contributed by atoms with E-state index in [1.807, 2.05) is 0 Å². The zero-order valence-electron chi connectivity index (χ0n) is 12.5. The Balaban J connectivity index is 2.03. The molecule has 2 aromatic rings. The van der Waals surface area contributed by atoms with Crippen LogP contribution in [-0.4, -0.2) is 19.1 Å². The molecule has 0 aromatic heterocycles. The predicted molar refractivity (Wildman–Crippen MR) is 79.0 cm³/mol. The summed E-state index contributed by atoms with van der Waals surface area (Å²) >= 11 is 0. The van der Waals surface area contributed by atoms with Crippen molar-refractivity contribution in [1.29, 1.82) is 0 Å². The van der Waals surface area contributed by atoms with Crippen molar-refractivity contribution in [2.75, 3.05) is 11.9 Å². The van der Waals surface area contributed by atoms with E-state index in [0.717, 1.165) is 6.07 Å². The number of likely N-dealkylation sites (N-methyl/N-ethyl adjacent to an activating group) is 1. The average molecular weight is 336 g/mol. The van der Waals surface area contributed by atoms with Crippen molar-refractivity contribution in [3.8, 4) is 0 Å². The van der Waals surface area contributed by atoms with E-state index in [4.69, 9.17) is 0 Å². The van der Waals surface area contributed by atoms with Gasteiger partial charge in [-0.1, -0.05) is 24.3 Å². The number of anilines is 1. The molecule has 1 amide bonds. The molecule has 1 N–H and O–H groups in total. The Bertz CT molecular complexity index is 864. The summed E-state index contributed by atoms with van der Waals surface area (Å²) in [5.74, 6) is -1.16. The Labute approximate surface area is 134 Å². The Morgan fingerprint density at radius 3 is 2.54 bits per heavy atom. The molecule has 0 fully saturated rings. The predicted octanol–water partition coefficient (Wildman–Crippen LogP) is 3.25. The van der Waals surface area contributed by atoms with Crippen molar-refractivity contribution in [3.63, 3.8) is 0 Å². The third-order valence-electron chi connectivity index (χ3n) is 4.71. The van der Waals surface area contributed by atoms with Gasteiger partial charge in [0.25, 0.3) is 5.91 Å². The van der Waals surface area contributed by atoms with Crippen LogP contribution >= 0.6 is 0 Å². The molecule has 24 heavy (non-hydrogen) atoms. The molecule has 2 atom stereocenters. The van der Waals surface area contributed by atoms with Gasteiger partial charge in [0.15, 0.2) is 5.54 Å². The number of nitrogens with zero attached hydrogens (tertiary/aromatic N) is 1. The van der Waals surface area contributed by atoms with Gasteiger partial charge in [0, 0.05) is 18.3 Å². The highest BCUT2D eigenvalue weighted by atomic mass is 19.4. The van der Waals surface area contributed by atoms with Gasteiger partial charge in [0.1, 0.15) is 11.9 Å². The molecule has 2 heterocycles. The van der Waals surface area contributed by atoms with Crippen LogP contribution in [0.15, 0.2) is 42.5 Å². The quantitative estimate of drug-likeness (QED) is 0.749. The summed E-state index contributed by atoms with van der Waals surface area (Å²) in [6.07, 6.45) is -4.57. The van der Waals surface area contributed by atoms with E-state index in [-0.39, 0.29) is 16.7 Å². The number of alkyl halides is 3. The molecule has 7 heteroatoms. The smallest absolute Gasteiger partial charge is 0.313 e. The maximum absolute atomic E-state index is 13.8. The summed E-state index contributed by atoms with van der Waals surface area (Å²) < 4.78 is 54.3. The van der Waals surface area contributed by atoms with Crippen molar-refractivity contribution >= 4 is 11.6 Å². The lowest BCUT2D eigenvalue weighted by molar-refractivity contribution is -0.159. The van der Waals surface area contributed by atoms with E-state index < -0.39 is 29.5 Å². The maximum atomic E-state index is 13.8. The van der Waals surface area contributed by atoms with E-state index in [0.29, 0.717) is 5.69 Å². The van der Waals surface area contributed by atoms with Crippen molar-refractivity contribution in [3.05, 3.63) is 65.0 Å². The second-order valence-corrected chi connectivity index (χ2v) is 5.98. The number of fused-ring (bicyclic) bond motifs is 4. The van der Waals surface area contributed by atoms with Crippen LogP contribution in [0, 0.1) is 5.82 Å². The normalized spacial score (nSPS) is 25.3. The average Bonchev–Trinajstić information content (AvgIpc) is 2.98. The summed E-state index contributed by atoms with van der Waals surface area (Å²) in [4.78, 5) is 14.2. The van der Waals surface area contributed by atoms with E-state index in [1.54, 1.807) is 6.07 Å². The Morgan fingerprint density at radius 2 is 1.83 bits per heavy atom. The SMILES string of the molecule is CN1C(=O)C2(NC(C(F)(F)F)c3ccccc32)c2cc(F)ccc21. The molecule has 2 aliphatic rings. The van der Waals surface area contributed by atoms with Gasteiger partial charge in [0.05, 0.1) is 0 Å². The van der Waals surface area contributed by atoms with Crippen molar-refractivity contribution < 1.29 is 22.4 Å². The second-order valence-electron chi connectivity index (χ2n) is 5.98. The first-order valence-electron chi connectivity index (χ1n) is 7.29. The number of amides is 1. The summed E-state index contributed by atoms with van der Waals surface area (Å²) in [6, 6.07) is 7.63. The van der Waals surface area contributed by atoms with Crippen LogP contribution in [0.2, 0.25) is 0 Å². The minimum Gasteiger partial charge on any atom is -0.313 e. The van der Waals surface area contributed by atoms with Crippen LogP contribution in [0.4, 0.5) is 23.2 Å². The third-order valence-corrected chi connectivity index (χ3v) is 4.71. The minimum atomic E-state index is -4.57. The molecule has 2 aromatic carbocycles. The summed E-state index contributed by atoms with van der Waals surface area (Å²) in [6.45, 7) is 0. The van der Waals surface area contributed by atoms with Crippen molar-refractivity contribution in [1.82, 2.24) is 5.32 Å². The first-order valence-corrected chi connectivity index (χ1v) is 7.29. The molecule has 1 spiro atoms. The third kappa shape index (κ3) is 1.73. The number of rotatable bonds is 0. The zero-order valence-corrected chi connectivity index (χ0v) is 12.5. The number of hydrogen-bond donors (Lipinski definition) is 1. The fourth-order valence-electron chi connectivity index (χ4n) is 3.70. The van der Waals surface area contributed by atoms with Crippen LogP contribution in [0.5, 0.6) is 0 Å². The molecule has 0 bridgehead atoms. The summed E-state index contributed by atoms with van der Waals surface area (Å²) in [5, 5.41) is 2.45. The van der Waals surface area contributed by atoms with Gasteiger partial charge in [-0.15, -0.1) is 0 Å². The van der Waals surface area contributed by atoms with Crippen LogP contribution in [-0.2, 0) is 10.3 Å². The fourth-order valence-corrected chi connectivity index (χ4v) is 3.70. The van der Waals surface area contributed by atoms with Gasteiger partial charge in [-0.2, -0.15) is 13.2 Å². The molecule has 4 rings (SSSR count). The second kappa shape index (κ2) is 4.57. The van der Waals surface area contributed by atoms with Gasteiger partial charge in [-0.3, -0.25) is 10.1 Å². The maximum Gasteiger partial charge on any atom is 0.407 e. The molecule has 2 aliphatic heterocycles. The number of carbonyl (C=O) groups is 1. The monoisotopic (exact) mass is 336 g/mol. The van der Waals surface area contributed by atoms with Gasteiger partial charge in [-0.25, -0.2) is 4.39 Å². The zero-order chi connectivity index (χ0) is 17.3. The fraction of sp³-hybridized carbons (Fsp3) is 0.235. The van der Waals surface area contributed by atoms with E-state index in [2.05, 4.69) is 5.32 Å². The number of hydrogen-bond acceptors (Lipinski definition) is 2. The molecule has 0 radical (unpaired) electrons. The van der Waals surface area contributed by atoms with Crippen molar-refractivity contribution in [2.24, 2.45) is 0 Å². The molecule has 2 unspecified atom stereocenters. The Hall–Kier alpha value is -2.41. The molecule has 0 aliphatic carbocycles. The van der Waals surface area contributed by atoms with E-state index >= 15 is 0 Å². The standard InChI is InChI=1S/C17H12F4N2O/c1-23-13-7-6-9(18)8-12(13)16(15(23)24)11-5-3-2-4-10(11)14(22-16)17(19,20)21/h2-8,14,22H,1H3. The topological polar surface area (TPSA) is 32.3 Å². The lowest BCUT2D eigenvalue weighted by atomic mass is 9.84. The minimum absolute atomic E-state index is 0.0103. The highest BCUT2D eigenvalue weighted by molar-refractivity contribution is 6.10. The number of carbonyl (C=O) groups excluding carboxylic acids is 1. The van der Waals surface area contributed by atoms with Crippen LogP contribution in [0.25, 0.3) is 0 Å². The Kier molecular flexibility index (Phi) is 2.88. The number of nitrogens with one attached hydrogen (secondary N) is 1. The van der Waals surface area contributed by atoms with Crippen LogP contribution in [0.3, 0.4) is 0 Å². The lowest BCUT2D eigenvalue weighted by Crippen LogP contribution is -2.49. The molecule has 124 valence electrons. The highest BCUT2D eigenvalue weighted by Gasteiger charge is 2.61. The number of benzene rings is 2. The van der Waals surface area contributed by atoms with E-state index in [9.17, 15) is 22.4 Å². The van der Waals surface area contributed by atoms with Gasteiger partial charge in [0.2, 0.25) is 0 Å². The van der Waals surface area contributed by atoms with Crippen LogP contribution in [0.1, 0.15) is 22.7 Å². The van der Waals surface area contributed by atoms with Gasteiger partial charge >= 0.3 is 6.18 Å². The van der Waals surface area contributed by atoms with Crippen LogP contribution < -0.4 is 10.2 Å². The largest absolute Gasteiger partial charge is 0.407 e. The lowest BCUT2D eigenvalue weighted by Gasteiger charge is -2.26.